The van der Waals surface area contributed by atoms with Crippen LogP contribution in [0, 0.1) is 0 Å². The number of benzene rings is 1. The van der Waals surface area contributed by atoms with Gasteiger partial charge >= 0.3 is 0 Å². The zero-order valence-corrected chi connectivity index (χ0v) is 21.0. The van der Waals surface area contributed by atoms with E-state index in [2.05, 4.69) is 15.2 Å². The molecular weight excluding hydrogens is 533 g/mol. The molecule has 1 N–H and O–H groups in total. The van der Waals surface area contributed by atoms with E-state index >= 15 is 0 Å². The Morgan fingerprint density at radius 2 is 1.74 bits per heavy atom. The Labute approximate surface area is 200 Å². The molecule has 9 nitrogen and oxygen atoms in total. The van der Waals surface area contributed by atoms with Crippen molar-refractivity contribution in [1.29, 1.82) is 0 Å². The van der Waals surface area contributed by atoms with Crippen LogP contribution in [0.2, 0.25) is 0 Å². The molecule has 2 heterocycles. The van der Waals surface area contributed by atoms with E-state index in [1.807, 2.05) is 6.07 Å². The molecule has 0 unspecified atom stereocenters. The van der Waals surface area contributed by atoms with Gasteiger partial charge in [-0.25, -0.2) is 12.7 Å². The van der Waals surface area contributed by atoms with E-state index in [4.69, 9.17) is 4.42 Å². The monoisotopic (exact) mass is 561 g/mol. The third-order valence-corrected chi connectivity index (χ3v) is 6.89. The summed E-state index contributed by atoms with van der Waals surface area (Å²) in [6.45, 7) is 2.65. The smallest absolute Gasteiger partial charge is 0.289 e. The van der Waals surface area contributed by atoms with Crippen LogP contribution in [0.3, 0.4) is 0 Å². The molecular formula is C20H28IN5O4S. The second-order valence-corrected chi connectivity index (χ2v) is 9.17. The minimum absolute atomic E-state index is 0. The summed E-state index contributed by atoms with van der Waals surface area (Å²) in [5.74, 6) is 0.882. The van der Waals surface area contributed by atoms with Gasteiger partial charge in [-0.2, -0.15) is 0 Å². The van der Waals surface area contributed by atoms with Crippen molar-refractivity contribution in [2.24, 2.45) is 4.99 Å². The number of hydrogen-bond acceptors (Lipinski definition) is 5. The first-order valence-corrected chi connectivity index (χ1v) is 11.1. The van der Waals surface area contributed by atoms with Crippen LogP contribution < -0.4 is 5.32 Å². The molecule has 3 rings (SSSR count). The summed E-state index contributed by atoms with van der Waals surface area (Å²) in [5, 5.41) is 3.25. The largest absolute Gasteiger partial charge is 0.459 e. The first-order chi connectivity index (χ1) is 14.3. The van der Waals surface area contributed by atoms with Crippen LogP contribution in [-0.2, 0) is 16.6 Å². The van der Waals surface area contributed by atoms with Crippen molar-refractivity contribution in [1.82, 2.24) is 19.4 Å². The van der Waals surface area contributed by atoms with Gasteiger partial charge in [-0.1, -0.05) is 18.2 Å². The number of aliphatic imine (C=N–C) groups is 1. The number of nitrogens with one attached hydrogen (secondary N) is 1. The molecule has 2 aromatic rings. The highest BCUT2D eigenvalue weighted by molar-refractivity contribution is 14.0. The van der Waals surface area contributed by atoms with Crippen LogP contribution in [-0.4, -0.2) is 81.7 Å². The third-order valence-electron chi connectivity index (χ3n) is 4.98. The van der Waals surface area contributed by atoms with E-state index < -0.39 is 10.0 Å². The Kier molecular flexibility index (Phi) is 8.89. The van der Waals surface area contributed by atoms with Gasteiger partial charge in [-0.15, -0.1) is 24.0 Å². The van der Waals surface area contributed by atoms with Gasteiger partial charge in [-0.3, -0.25) is 9.79 Å². The summed E-state index contributed by atoms with van der Waals surface area (Å²) < 4.78 is 31.6. The highest BCUT2D eigenvalue weighted by Gasteiger charge is 2.26. The van der Waals surface area contributed by atoms with E-state index in [0.29, 0.717) is 50.0 Å². The van der Waals surface area contributed by atoms with Crippen LogP contribution in [0.25, 0.3) is 0 Å². The molecule has 31 heavy (non-hydrogen) atoms. The Bertz CT molecular complexity index is 1000. The summed E-state index contributed by atoms with van der Waals surface area (Å²) in [4.78, 5) is 20.8. The quantitative estimate of drug-likeness (QED) is 0.339. The van der Waals surface area contributed by atoms with Crippen molar-refractivity contribution in [2.75, 3.05) is 47.3 Å². The van der Waals surface area contributed by atoms with Crippen LogP contribution in [0.1, 0.15) is 16.1 Å². The fourth-order valence-corrected chi connectivity index (χ4v) is 4.40. The van der Waals surface area contributed by atoms with Crippen molar-refractivity contribution >= 4 is 45.9 Å². The van der Waals surface area contributed by atoms with Gasteiger partial charge in [-0.05, 0) is 23.8 Å². The summed E-state index contributed by atoms with van der Waals surface area (Å²) in [7, 11) is 1.18. The molecule has 0 radical (unpaired) electrons. The number of piperazine rings is 1. The molecule has 0 aliphatic carbocycles. The molecule has 1 aromatic heterocycles. The summed E-state index contributed by atoms with van der Waals surface area (Å²) in [6, 6.07) is 10.3. The molecule has 1 aliphatic heterocycles. The predicted molar refractivity (Wildman–Crippen MR) is 129 cm³/mol. The number of sulfonamides is 1. The summed E-state index contributed by atoms with van der Waals surface area (Å²) >= 11 is 0. The zero-order valence-electron chi connectivity index (χ0n) is 17.8. The lowest BCUT2D eigenvalue weighted by atomic mass is 10.2. The average molecular weight is 561 g/mol. The Morgan fingerprint density at radius 3 is 2.32 bits per heavy atom. The second kappa shape index (κ2) is 11.0. The average Bonchev–Trinajstić information content (AvgIpc) is 3.29. The van der Waals surface area contributed by atoms with Gasteiger partial charge in [0.1, 0.15) is 0 Å². The number of halogens is 1. The second-order valence-electron chi connectivity index (χ2n) is 7.05. The highest BCUT2D eigenvalue weighted by atomic mass is 127. The lowest BCUT2D eigenvalue weighted by molar-refractivity contribution is 0.0657. The van der Waals surface area contributed by atoms with E-state index in [1.165, 1.54) is 24.7 Å². The van der Waals surface area contributed by atoms with Crippen molar-refractivity contribution in [3.8, 4) is 0 Å². The summed E-state index contributed by atoms with van der Waals surface area (Å²) in [6.07, 6.45) is 1.49. The van der Waals surface area contributed by atoms with E-state index in [9.17, 15) is 13.2 Å². The van der Waals surface area contributed by atoms with Gasteiger partial charge in [0, 0.05) is 53.9 Å². The van der Waals surface area contributed by atoms with Crippen LogP contribution in [0.4, 0.5) is 0 Å². The maximum absolute atomic E-state index is 12.6. The Balaban J connectivity index is 0.00000341. The molecule has 1 aromatic carbocycles. The lowest BCUT2D eigenvalue weighted by Gasteiger charge is -2.36. The number of guanidine groups is 1. The third kappa shape index (κ3) is 5.77. The van der Waals surface area contributed by atoms with E-state index in [0.717, 1.165) is 0 Å². The van der Waals surface area contributed by atoms with Gasteiger partial charge in [0.25, 0.3) is 5.91 Å². The highest BCUT2D eigenvalue weighted by Crippen LogP contribution is 2.18. The zero-order chi connectivity index (χ0) is 21.7. The first-order valence-electron chi connectivity index (χ1n) is 9.63. The fraction of sp³-hybridized carbons (Fsp3) is 0.400. The molecule has 1 fully saturated rings. The molecule has 0 bridgehead atoms. The SMILES string of the molecule is CN=C(NCc1ccccc1S(=O)(=O)N(C)C)N1CCN(C(=O)c2ccco2)CC1.I. The number of nitrogens with zero attached hydrogens (tertiary/aromatic N) is 4. The first kappa shape index (κ1) is 25.1. The number of rotatable bonds is 5. The van der Waals surface area contributed by atoms with Crippen molar-refractivity contribution in [3.05, 3.63) is 54.0 Å². The maximum atomic E-state index is 12.6. The molecule has 1 aliphatic rings. The van der Waals surface area contributed by atoms with Gasteiger partial charge in [0.15, 0.2) is 11.7 Å². The Hall–Kier alpha value is -2.12. The minimum atomic E-state index is -3.54. The molecule has 11 heteroatoms. The number of carbonyl (C=O) groups is 1. The predicted octanol–water partition coefficient (Wildman–Crippen LogP) is 1.68. The summed E-state index contributed by atoms with van der Waals surface area (Å²) in [5.41, 5.74) is 0.666. The molecule has 1 amide bonds. The lowest BCUT2D eigenvalue weighted by Crippen LogP contribution is -2.53. The van der Waals surface area contributed by atoms with Gasteiger partial charge < -0.3 is 19.5 Å². The van der Waals surface area contributed by atoms with Crippen molar-refractivity contribution < 1.29 is 17.6 Å². The Morgan fingerprint density at radius 1 is 1.10 bits per heavy atom. The molecule has 1 saturated heterocycles. The topological polar surface area (TPSA) is 98.5 Å². The number of hydrogen-bond donors (Lipinski definition) is 1. The van der Waals surface area contributed by atoms with Gasteiger partial charge in [0.2, 0.25) is 10.0 Å². The molecule has 170 valence electrons. The fourth-order valence-electron chi connectivity index (χ4n) is 3.28. The number of carbonyl (C=O) groups excluding carboxylic acids is 1. The van der Waals surface area contributed by atoms with Crippen LogP contribution in [0.15, 0.2) is 57.0 Å². The normalized spacial score (nSPS) is 15.0. The van der Waals surface area contributed by atoms with Crippen molar-refractivity contribution in [2.45, 2.75) is 11.4 Å². The standard InChI is InChI=1S/C20H27N5O4S.HI/c1-21-20(22-15-16-7-4-5-9-18(16)30(27,28)23(2)3)25-12-10-24(11-13-25)19(26)17-8-6-14-29-17;/h4-9,14H,10-13,15H2,1-3H3,(H,21,22);1H. The number of amides is 1. The molecule has 0 atom stereocenters. The number of furan rings is 1. The molecule has 0 spiro atoms. The molecule has 0 saturated carbocycles. The van der Waals surface area contributed by atoms with Gasteiger partial charge in [0.05, 0.1) is 11.2 Å². The minimum Gasteiger partial charge on any atom is -0.459 e. The van der Waals surface area contributed by atoms with E-state index in [1.54, 1.807) is 42.3 Å². The van der Waals surface area contributed by atoms with E-state index in [-0.39, 0.29) is 34.8 Å². The van der Waals surface area contributed by atoms with Crippen LogP contribution in [0.5, 0.6) is 0 Å². The van der Waals surface area contributed by atoms with Crippen molar-refractivity contribution in [3.63, 3.8) is 0 Å². The maximum Gasteiger partial charge on any atom is 0.289 e. The van der Waals surface area contributed by atoms with Crippen LogP contribution >= 0.6 is 24.0 Å².